The van der Waals surface area contributed by atoms with Gasteiger partial charge in [0.25, 0.3) is 0 Å². The zero-order valence-corrected chi connectivity index (χ0v) is 36.9. The van der Waals surface area contributed by atoms with Crippen molar-refractivity contribution in [3.05, 3.63) is 194 Å². The summed E-state index contributed by atoms with van der Waals surface area (Å²) in [4.78, 5) is 0. The van der Waals surface area contributed by atoms with Crippen molar-refractivity contribution in [3.63, 3.8) is 0 Å². The van der Waals surface area contributed by atoms with E-state index < -0.39 is 30.6 Å². The first-order chi connectivity index (χ1) is 31.5. The third kappa shape index (κ3) is 6.21. The van der Waals surface area contributed by atoms with Gasteiger partial charge in [-0.2, -0.15) is 0 Å². The van der Waals surface area contributed by atoms with Crippen molar-refractivity contribution < 1.29 is 36.2 Å². The normalized spacial score (nSPS) is 17.5. The Morgan fingerprint density at radius 3 is 0.453 bits per heavy atom. The number of fused-ring (bicyclic) bond motifs is 12. The van der Waals surface area contributed by atoms with Crippen LogP contribution in [0.4, 0.5) is 0 Å². The summed E-state index contributed by atoms with van der Waals surface area (Å²) in [6, 6.07) is 61.2. The fourth-order valence-corrected chi connectivity index (χ4v) is 20.4. The maximum absolute atomic E-state index is 7.21. The number of para-hydroxylation sites is 8. The van der Waals surface area contributed by atoms with Crippen LogP contribution in [0.3, 0.4) is 0 Å². The van der Waals surface area contributed by atoms with Crippen molar-refractivity contribution >= 4 is 30.6 Å². The van der Waals surface area contributed by atoms with E-state index in [1.807, 2.05) is 194 Å². The maximum atomic E-state index is 7.21. The van der Waals surface area contributed by atoms with E-state index in [2.05, 4.69) is 0 Å². The Bertz CT molecular complexity index is 2840. The van der Waals surface area contributed by atoms with Crippen molar-refractivity contribution in [2.75, 3.05) is 0 Å². The van der Waals surface area contributed by atoms with E-state index in [1.165, 1.54) is 0 Å². The van der Waals surface area contributed by atoms with Crippen LogP contribution in [0.25, 0.3) is 44.5 Å². The second kappa shape index (κ2) is 14.3. The van der Waals surface area contributed by atoms with Gasteiger partial charge in [-0.05, 0) is 48.5 Å². The lowest BCUT2D eigenvalue weighted by Gasteiger charge is -2.31. The standard InChI is InChI=1S/C48H32N4O8P4/c1-9-25-41-33(17-1)34-18-2-10-26-42(34)54-61(53-41)49-62(55-43-27-11-3-19-35(43)36-20-4-12-28-44(36)56-62)51-64(59-47-31-15-7-23-39(47)40-24-8-16-32-48(40)60-64)52-63(50-61)57-45-29-13-5-21-37(45)38-22-6-14-30-46(38)58-63/h1-32H. The number of rotatable bonds is 0. The maximum Gasteiger partial charge on any atom is 0.460 e. The molecule has 16 heteroatoms. The van der Waals surface area contributed by atoms with E-state index in [-0.39, 0.29) is 0 Å². The molecule has 13 rings (SSSR count). The van der Waals surface area contributed by atoms with Crippen LogP contribution in [0.2, 0.25) is 0 Å². The minimum Gasteiger partial charge on any atom is -0.413 e. The van der Waals surface area contributed by atoms with Crippen LogP contribution in [0.1, 0.15) is 0 Å². The monoisotopic (exact) mass is 916 g/mol. The molecule has 64 heavy (non-hydrogen) atoms. The summed E-state index contributed by atoms with van der Waals surface area (Å²) in [5.74, 6) is 3.60. The van der Waals surface area contributed by atoms with Crippen molar-refractivity contribution in [1.29, 1.82) is 0 Å². The zero-order chi connectivity index (χ0) is 42.4. The van der Waals surface area contributed by atoms with Gasteiger partial charge in [0.2, 0.25) is 0 Å². The van der Waals surface area contributed by atoms with Crippen LogP contribution in [0.5, 0.6) is 46.0 Å². The van der Waals surface area contributed by atoms with Crippen molar-refractivity contribution in [2.45, 2.75) is 0 Å². The van der Waals surface area contributed by atoms with E-state index in [4.69, 9.17) is 54.3 Å². The van der Waals surface area contributed by atoms with Gasteiger partial charge >= 0.3 is 30.6 Å². The summed E-state index contributed by atoms with van der Waals surface area (Å²) in [5, 5.41) is 0. The largest absolute Gasteiger partial charge is 0.460 e. The molecule has 0 saturated heterocycles. The lowest BCUT2D eigenvalue weighted by molar-refractivity contribution is 0.452. The van der Waals surface area contributed by atoms with E-state index >= 15 is 0 Å². The highest BCUT2D eigenvalue weighted by molar-refractivity contribution is 7.79. The van der Waals surface area contributed by atoms with Crippen LogP contribution < -0.4 is 36.2 Å². The van der Waals surface area contributed by atoms with Crippen molar-refractivity contribution in [3.8, 4) is 90.5 Å². The van der Waals surface area contributed by atoms with Crippen LogP contribution in [0, 0.1) is 0 Å². The number of benzene rings is 8. The van der Waals surface area contributed by atoms with Gasteiger partial charge in [-0.15, -0.1) is 0 Å². The predicted octanol–water partition coefficient (Wildman–Crippen LogP) is 16.3. The quantitative estimate of drug-likeness (QED) is 0.138. The van der Waals surface area contributed by atoms with Gasteiger partial charge in [0.1, 0.15) is 46.0 Å². The molecule has 0 unspecified atom stereocenters. The molecule has 12 nitrogen and oxygen atoms in total. The Morgan fingerprint density at radius 1 is 0.188 bits per heavy atom. The summed E-state index contributed by atoms with van der Waals surface area (Å²) in [7, 11) is -17.0. The van der Waals surface area contributed by atoms with E-state index in [9.17, 15) is 0 Å². The lowest BCUT2D eigenvalue weighted by atomic mass is 10.0. The fraction of sp³-hybridized carbons (Fsp3) is 0. The highest BCUT2D eigenvalue weighted by atomic mass is 31.3. The van der Waals surface area contributed by atoms with E-state index in [0.717, 1.165) is 44.5 Å². The molecule has 0 N–H and O–H groups in total. The average molecular weight is 917 g/mol. The first-order valence-corrected chi connectivity index (χ1v) is 26.4. The van der Waals surface area contributed by atoms with Crippen molar-refractivity contribution in [1.82, 2.24) is 0 Å². The molecule has 8 aromatic carbocycles. The van der Waals surface area contributed by atoms with Gasteiger partial charge in [0.05, 0.1) is 0 Å². The summed E-state index contributed by atoms with van der Waals surface area (Å²) in [6.45, 7) is 0. The summed E-state index contributed by atoms with van der Waals surface area (Å²) in [5.41, 5.74) is 6.11. The topological polar surface area (TPSA) is 123 Å². The molecule has 5 aliphatic heterocycles. The Hall–Kier alpha value is -6.92. The molecule has 0 bridgehead atoms. The minimum absolute atomic E-state index is 0.450. The summed E-state index contributed by atoms with van der Waals surface area (Å²) < 4.78 is 80.0. The first-order valence-electron chi connectivity index (χ1n) is 20.3. The third-order valence-electron chi connectivity index (χ3n) is 10.9. The van der Waals surface area contributed by atoms with E-state index in [0.29, 0.717) is 46.0 Å². The van der Waals surface area contributed by atoms with Crippen molar-refractivity contribution in [2.24, 2.45) is 18.1 Å². The minimum atomic E-state index is -4.26. The first kappa shape index (κ1) is 37.6. The third-order valence-corrected chi connectivity index (χ3v) is 21.6. The van der Waals surface area contributed by atoms with Gasteiger partial charge in [-0.25, -0.2) is 0 Å². The zero-order valence-electron chi connectivity index (χ0n) is 33.3. The van der Waals surface area contributed by atoms with Crippen LogP contribution in [-0.2, 0) is 0 Å². The molecule has 8 aromatic rings. The SMILES string of the molecule is c1ccc2c(c1)OP1(=NP3(=NP4(=NP5(=N1)Oc1ccccc1-c1ccccc1O5)Oc1ccccc1-c1ccccc1O4)Oc1ccccc1-c1ccccc1O3)Oc1ccccc1-2. The number of hydrogen-bond donors (Lipinski definition) is 0. The molecular weight excluding hydrogens is 884 g/mol. The van der Waals surface area contributed by atoms with Crippen LogP contribution in [-0.4, -0.2) is 0 Å². The Labute approximate surface area is 368 Å². The summed E-state index contributed by atoms with van der Waals surface area (Å²) >= 11 is 0. The highest BCUT2D eigenvalue weighted by Gasteiger charge is 2.52. The average Bonchev–Trinajstić information content (AvgIpc) is 3.66. The second-order valence-corrected chi connectivity index (χ2v) is 23.3. The molecule has 0 fully saturated rings. The molecule has 0 atom stereocenters. The second-order valence-electron chi connectivity index (χ2n) is 15.0. The van der Waals surface area contributed by atoms with Gasteiger partial charge in [0, 0.05) is 44.5 Å². The molecule has 0 saturated carbocycles. The molecule has 4 spiro atoms. The van der Waals surface area contributed by atoms with E-state index in [1.54, 1.807) is 0 Å². The molecule has 312 valence electrons. The molecule has 0 aromatic heterocycles. The van der Waals surface area contributed by atoms with Crippen LogP contribution >= 0.6 is 30.6 Å². The Kier molecular flexibility index (Phi) is 8.40. The molecule has 0 aliphatic carbocycles. The predicted molar refractivity (Wildman–Crippen MR) is 250 cm³/mol. The highest BCUT2D eigenvalue weighted by Crippen LogP contribution is 2.81. The summed E-state index contributed by atoms with van der Waals surface area (Å²) in [6.07, 6.45) is 0. The van der Waals surface area contributed by atoms with Gasteiger partial charge in [-0.1, -0.05) is 164 Å². The van der Waals surface area contributed by atoms with Gasteiger partial charge in [-0.3, -0.25) is 0 Å². The molecule has 0 amide bonds. The molecule has 5 aliphatic rings. The Morgan fingerprint density at radius 2 is 0.312 bits per heavy atom. The smallest absolute Gasteiger partial charge is 0.413 e. The fourth-order valence-electron chi connectivity index (χ4n) is 8.18. The Balaban J connectivity index is 1.21. The molecule has 0 radical (unpaired) electrons. The van der Waals surface area contributed by atoms with Gasteiger partial charge in [0.15, 0.2) is 0 Å². The van der Waals surface area contributed by atoms with Gasteiger partial charge < -0.3 is 36.2 Å². The number of nitrogens with zero attached hydrogens (tertiary/aromatic N) is 4. The molecule has 5 heterocycles. The van der Waals surface area contributed by atoms with Crippen LogP contribution in [0.15, 0.2) is 212 Å². The number of hydrogen-bond acceptors (Lipinski definition) is 12. The molecular formula is C48H32N4O8P4. The lowest BCUT2D eigenvalue weighted by Crippen LogP contribution is -2.09.